The fraction of sp³-hybridized carbons (Fsp3) is 0.600. The van der Waals surface area contributed by atoms with Crippen LogP contribution in [0.3, 0.4) is 0 Å². The Bertz CT molecular complexity index is 609. The highest BCUT2D eigenvalue weighted by Gasteiger charge is 2.30. The Hall–Kier alpha value is -2.04. The summed E-state index contributed by atoms with van der Waals surface area (Å²) in [6.07, 6.45) is 6.22. The Labute approximate surface area is 149 Å². The molecule has 25 heavy (non-hydrogen) atoms. The lowest BCUT2D eigenvalue weighted by atomic mass is 9.90. The van der Waals surface area contributed by atoms with Crippen molar-refractivity contribution in [3.8, 4) is 5.75 Å². The van der Waals surface area contributed by atoms with Crippen molar-refractivity contribution in [3.63, 3.8) is 0 Å². The van der Waals surface area contributed by atoms with E-state index in [0.717, 1.165) is 57.4 Å². The summed E-state index contributed by atoms with van der Waals surface area (Å²) in [5.41, 5.74) is 1.29. The molecule has 0 radical (unpaired) electrons. The number of amides is 2. The van der Waals surface area contributed by atoms with Gasteiger partial charge in [0, 0.05) is 19.5 Å². The Morgan fingerprint density at radius 2 is 2.04 bits per heavy atom. The maximum Gasteiger partial charge on any atom is 0.245 e. The molecule has 0 bridgehead atoms. The average molecular weight is 344 g/mol. The van der Waals surface area contributed by atoms with Crippen molar-refractivity contribution in [2.24, 2.45) is 5.92 Å². The molecular formula is C20H28N2O3. The predicted molar refractivity (Wildman–Crippen MR) is 96.4 cm³/mol. The van der Waals surface area contributed by atoms with E-state index in [-0.39, 0.29) is 17.9 Å². The van der Waals surface area contributed by atoms with Gasteiger partial charge in [-0.05, 0) is 55.7 Å². The zero-order valence-corrected chi connectivity index (χ0v) is 15.0. The second kappa shape index (κ2) is 8.37. The quantitative estimate of drug-likeness (QED) is 0.913. The molecule has 2 aliphatic heterocycles. The lowest BCUT2D eigenvalue weighted by molar-refractivity contribution is -0.137. The number of piperidine rings is 1. The zero-order valence-electron chi connectivity index (χ0n) is 15.0. The minimum Gasteiger partial charge on any atom is -0.497 e. The molecule has 3 rings (SSSR count). The second-order valence-electron chi connectivity index (χ2n) is 7.19. The first-order valence-electron chi connectivity index (χ1n) is 9.37. The van der Waals surface area contributed by atoms with Gasteiger partial charge >= 0.3 is 0 Å². The van der Waals surface area contributed by atoms with Crippen molar-refractivity contribution in [1.82, 2.24) is 10.2 Å². The molecule has 2 fully saturated rings. The van der Waals surface area contributed by atoms with Gasteiger partial charge in [-0.15, -0.1) is 0 Å². The van der Waals surface area contributed by atoms with E-state index in [1.807, 2.05) is 17.0 Å². The summed E-state index contributed by atoms with van der Waals surface area (Å²) in [4.78, 5) is 26.3. The van der Waals surface area contributed by atoms with Crippen LogP contribution in [0.5, 0.6) is 5.75 Å². The van der Waals surface area contributed by atoms with Gasteiger partial charge in [0.1, 0.15) is 11.8 Å². The molecule has 2 aliphatic rings. The van der Waals surface area contributed by atoms with Crippen LogP contribution >= 0.6 is 0 Å². The van der Waals surface area contributed by atoms with Gasteiger partial charge in [-0.3, -0.25) is 9.59 Å². The standard InChI is InChI=1S/C20H28N2O3/c1-25-17-6-4-5-16(14-17)13-15-9-11-22(12-10-15)20(24)18-7-2-3-8-19(23)21-18/h4-6,14-15,18H,2-3,7-13H2,1H3,(H,21,23). The van der Waals surface area contributed by atoms with Crippen LogP contribution in [0, 0.1) is 5.92 Å². The Kier molecular flexibility index (Phi) is 5.95. The number of likely N-dealkylation sites (tertiary alicyclic amines) is 1. The SMILES string of the molecule is COc1cccc(CC2CCN(C(=O)C3CCCCC(=O)N3)CC2)c1. The molecule has 1 aromatic rings. The third kappa shape index (κ3) is 4.74. The molecule has 0 aromatic heterocycles. The summed E-state index contributed by atoms with van der Waals surface area (Å²) in [6, 6.07) is 7.91. The van der Waals surface area contributed by atoms with E-state index in [4.69, 9.17) is 4.74 Å². The van der Waals surface area contributed by atoms with Crippen molar-refractivity contribution in [2.75, 3.05) is 20.2 Å². The number of carbonyl (C=O) groups excluding carboxylic acids is 2. The molecule has 1 N–H and O–H groups in total. The third-order valence-corrected chi connectivity index (χ3v) is 5.36. The van der Waals surface area contributed by atoms with Crippen molar-refractivity contribution in [3.05, 3.63) is 29.8 Å². The summed E-state index contributed by atoms with van der Waals surface area (Å²) in [5, 5.41) is 2.90. The van der Waals surface area contributed by atoms with Gasteiger partial charge < -0.3 is 15.0 Å². The van der Waals surface area contributed by atoms with Crippen LogP contribution in [0.1, 0.15) is 44.1 Å². The largest absolute Gasteiger partial charge is 0.497 e. The highest BCUT2D eigenvalue weighted by molar-refractivity contribution is 5.88. The van der Waals surface area contributed by atoms with Gasteiger partial charge in [-0.2, -0.15) is 0 Å². The smallest absolute Gasteiger partial charge is 0.245 e. The molecule has 5 heteroatoms. The van der Waals surface area contributed by atoms with Crippen molar-refractivity contribution in [1.29, 1.82) is 0 Å². The van der Waals surface area contributed by atoms with Crippen molar-refractivity contribution >= 4 is 11.8 Å². The molecule has 5 nitrogen and oxygen atoms in total. The summed E-state index contributed by atoms with van der Waals surface area (Å²) in [7, 11) is 1.69. The van der Waals surface area contributed by atoms with E-state index in [9.17, 15) is 9.59 Å². The molecule has 0 aliphatic carbocycles. The molecule has 0 spiro atoms. The predicted octanol–water partition coefficient (Wildman–Crippen LogP) is 2.54. The normalized spacial score (nSPS) is 22.2. The van der Waals surface area contributed by atoms with E-state index in [1.54, 1.807) is 7.11 Å². The first-order chi connectivity index (χ1) is 12.2. The lowest BCUT2D eigenvalue weighted by Gasteiger charge is -2.34. The highest BCUT2D eigenvalue weighted by Crippen LogP contribution is 2.24. The van der Waals surface area contributed by atoms with Crippen LogP contribution in [0.25, 0.3) is 0 Å². The zero-order chi connectivity index (χ0) is 17.6. The topological polar surface area (TPSA) is 58.6 Å². The van der Waals surface area contributed by atoms with Crippen molar-refractivity contribution < 1.29 is 14.3 Å². The van der Waals surface area contributed by atoms with E-state index in [2.05, 4.69) is 17.4 Å². The molecule has 2 heterocycles. The van der Waals surface area contributed by atoms with Crippen molar-refractivity contribution in [2.45, 2.75) is 51.0 Å². The number of hydrogen-bond acceptors (Lipinski definition) is 3. The van der Waals surface area contributed by atoms with Crippen LogP contribution in [0.2, 0.25) is 0 Å². The fourth-order valence-corrected chi connectivity index (χ4v) is 3.87. The van der Waals surface area contributed by atoms with E-state index >= 15 is 0 Å². The second-order valence-corrected chi connectivity index (χ2v) is 7.19. The van der Waals surface area contributed by atoms with Crippen LogP contribution in [0.15, 0.2) is 24.3 Å². The first kappa shape index (κ1) is 17.8. The van der Waals surface area contributed by atoms with Crippen LogP contribution in [-0.4, -0.2) is 43.0 Å². The number of nitrogens with zero attached hydrogens (tertiary/aromatic N) is 1. The maximum absolute atomic E-state index is 12.7. The number of carbonyl (C=O) groups is 2. The molecule has 1 atom stereocenters. The van der Waals surface area contributed by atoms with Crippen LogP contribution < -0.4 is 10.1 Å². The molecular weight excluding hydrogens is 316 g/mol. The molecule has 136 valence electrons. The number of nitrogens with one attached hydrogen (secondary N) is 1. The van der Waals surface area contributed by atoms with Crippen LogP contribution in [0.4, 0.5) is 0 Å². The number of rotatable bonds is 4. The summed E-state index contributed by atoms with van der Waals surface area (Å²) >= 11 is 0. The Morgan fingerprint density at radius 3 is 2.80 bits per heavy atom. The Balaban J connectivity index is 1.50. The number of ether oxygens (including phenoxy) is 1. The molecule has 2 saturated heterocycles. The van der Waals surface area contributed by atoms with Gasteiger partial charge in [0.2, 0.25) is 11.8 Å². The first-order valence-corrected chi connectivity index (χ1v) is 9.37. The van der Waals surface area contributed by atoms with Gasteiger partial charge in [0.05, 0.1) is 7.11 Å². The summed E-state index contributed by atoms with van der Waals surface area (Å²) in [5.74, 6) is 1.62. The number of methoxy groups -OCH3 is 1. The Morgan fingerprint density at radius 1 is 1.24 bits per heavy atom. The van der Waals surface area contributed by atoms with E-state index < -0.39 is 0 Å². The fourth-order valence-electron chi connectivity index (χ4n) is 3.87. The van der Waals surface area contributed by atoms with Gasteiger partial charge in [0.15, 0.2) is 0 Å². The molecule has 1 aromatic carbocycles. The number of hydrogen-bond donors (Lipinski definition) is 1. The van der Waals surface area contributed by atoms with Crippen LogP contribution in [-0.2, 0) is 16.0 Å². The molecule has 0 saturated carbocycles. The minimum atomic E-state index is -0.315. The summed E-state index contributed by atoms with van der Waals surface area (Å²) in [6.45, 7) is 1.58. The minimum absolute atomic E-state index is 0.0174. The third-order valence-electron chi connectivity index (χ3n) is 5.36. The lowest BCUT2D eigenvalue weighted by Crippen LogP contribution is -2.50. The molecule has 1 unspecified atom stereocenters. The maximum atomic E-state index is 12.7. The van der Waals surface area contributed by atoms with E-state index in [1.165, 1.54) is 5.56 Å². The average Bonchev–Trinajstić information content (AvgIpc) is 2.86. The van der Waals surface area contributed by atoms with Gasteiger partial charge in [-0.25, -0.2) is 0 Å². The van der Waals surface area contributed by atoms with Gasteiger partial charge in [0.25, 0.3) is 0 Å². The van der Waals surface area contributed by atoms with Gasteiger partial charge in [-0.1, -0.05) is 18.6 Å². The monoisotopic (exact) mass is 344 g/mol. The molecule has 2 amide bonds. The number of benzene rings is 1. The highest BCUT2D eigenvalue weighted by atomic mass is 16.5. The van der Waals surface area contributed by atoms with E-state index in [0.29, 0.717) is 12.3 Å². The summed E-state index contributed by atoms with van der Waals surface area (Å²) < 4.78 is 5.29.